The molecule has 0 bridgehead atoms. The molecule has 7 heteroatoms. The summed E-state index contributed by atoms with van der Waals surface area (Å²) in [4.78, 5) is 0. The number of benzene rings is 6. The molecule has 0 unspecified atom stereocenters. The maximum absolute atomic E-state index is 16.5. The van der Waals surface area contributed by atoms with Gasteiger partial charge in [0.05, 0.1) is 39.0 Å². The Bertz CT molecular complexity index is 2680. The molecule has 2 aromatic heterocycles. The van der Waals surface area contributed by atoms with Gasteiger partial charge < -0.3 is 9.13 Å². The zero-order valence-corrected chi connectivity index (χ0v) is 36.6. The first kappa shape index (κ1) is 41.3. The first-order valence-corrected chi connectivity index (χ1v) is 20.6. The highest BCUT2D eigenvalue weighted by molar-refractivity contribution is 6.12. The van der Waals surface area contributed by atoms with Crippen LogP contribution < -0.4 is 0 Å². The predicted molar refractivity (Wildman–Crippen MR) is 240 cm³/mol. The zero-order chi connectivity index (χ0) is 43.6. The van der Waals surface area contributed by atoms with Crippen LogP contribution in [-0.4, -0.2) is 9.13 Å². The standard InChI is InChI=1S/C53H53F5N2/c1-49(2,3)31-16-20-41-35(26-31)36-27-32(50(4,5)6)17-21-42(36)59(41)45-24-30(47-39(54)14-13-15-40(47)55)25-46(48(45)53(56,57)58)60-43-22-18-33(51(7,8)9)28-37(43)38-29-34(52(10,11)12)19-23-44(38)60/h13-29H,1-12H3. The summed E-state index contributed by atoms with van der Waals surface area (Å²) >= 11 is 0. The molecule has 0 radical (unpaired) electrons. The predicted octanol–water partition coefficient (Wildman–Crippen LogP) is 16.0. The van der Waals surface area contributed by atoms with Gasteiger partial charge in [-0.3, -0.25) is 0 Å². The quantitative estimate of drug-likeness (QED) is 0.157. The molecular formula is C53H53F5N2. The molecule has 8 aromatic rings. The van der Waals surface area contributed by atoms with Gasteiger partial charge in [-0.15, -0.1) is 0 Å². The molecule has 60 heavy (non-hydrogen) atoms. The average Bonchev–Trinajstić information content (AvgIpc) is 3.64. The molecule has 0 N–H and O–H groups in total. The van der Waals surface area contributed by atoms with Crippen molar-refractivity contribution < 1.29 is 22.0 Å². The molecule has 0 saturated carbocycles. The van der Waals surface area contributed by atoms with Crippen molar-refractivity contribution in [1.82, 2.24) is 9.13 Å². The first-order chi connectivity index (χ1) is 27.7. The summed E-state index contributed by atoms with van der Waals surface area (Å²) < 4.78 is 84.7. The van der Waals surface area contributed by atoms with E-state index in [9.17, 15) is 0 Å². The molecule has 0 fully saturated rings. The third-order valence-corrected chi connectivity index (χ3v) is 12.1. The van der Waals surface area contributed by atoms with E-state index >= 15 is 22.0 Å². The molecule has 310 valence electrons. The molecule has 0 saturated heterocycles. The van der Waals surface area contributed by atoms with Crippen LogP contribution in [0.1, 0.15) is 111 Å². The van der Waals surface area contributed by atoms with E-state index in [4.69, 9.17) is 0 Å². The molecule has 0 amide bonds. The minimum absolute atomic E-state index is 0.0103. The van der Waals surface area contributed by atoms with Gasteiger partial charge in [0.2, 0.25) is 0 Å². The molecule has 0 spiro atoms. The van der Waals surface area contributed by atoms with Crippen LogP contribution in [-0.2, 0) is 27.8 Å². The number of nitrogens with zero attached hydrogens (tertiary/aromatic N) is 2. The van der Waals surface area contributed by atoms with Gasteiger partial charge in [0, 0.05) is 21.5 Å². The van der Waals surface area contributed by atoms with Crippen molar-refractivity contribution in [3.05, 3.63) is 143 Å². The minimum atomic E-state index is -4.92. The van der Waals surface area contributed by atoms with E-state index in [0.717, 1.165) is 55.9 Å². The Balaban J connectivity index is 1.61. The van der Waals surface area contributed by atoms with E-state index in [1.165, 1.54) is 18.2 Å². The molecule has 0 aliphatic rings. The van der Waals surface area contributed by atoms with Crippen LogP contribution in [0, 0.1) is 11.6 Å². The van der Waals surface area contributed by atoms with Gasteiger partial charge in [-0.2, -0.15) is 13.2 Å². The summed E-state index contributed by atoms with van der Waals surface area (Å²) in [7, 11) is 0. The van der Waals surface area contributed by atoms with Crippen LogP contribution >= 0.6 is 0 Å². The van der Waals surface area contributed by atoms with Crippen molar-refractivity contribution >= 4 is 43.6 Å². The summed E-state index contributed by atoms with van der Waals surface area (Å²) in [5, 5.41) is 3.17. The summed E-state index contributed by atoms with van der Waals surface area (Å²) in [6.45, 7) is 25.3. The molecular weight excluding hydrogens is 760 g/mol. The fraction of sp³-hybridized carbons (Fsp3) is 0.321. The highest BCUT2D eigenvalue weighted by atomic mass is 19.4. The molecule has 0 aliphatic heterocycles. The van der Waals surface area contributed by atoms with E-state index in [-0.39, 0.29) is 38.6 Å². The zero-order valence-electron chi connectivity index (χ0n) is 36.6. The van der Waals surface area contributed by atoms with Crippen LogP contribution in [0.2, 0.25) is 0 Å². The third kappa shape index (κ3) is 6.88. The molecule has 2 heterocycles. The van der Waals surface area contributed by atoms with E-state index in [1.807, 2.05) is 48.5 Å². The van der Waals surface area contributed by atoms with Crippen molar-refractivity contribution in [1.29, 1.82) is 0 Å². The monoisotopic (exact) mass is 812 g/mol. The van der Waals surface area contributed by atoms with E-state index in [0.29, 0.717) is 22.1 Å². The lowest BCUT2D eigenvalue weighted by molar-refractivity contribution is -0.137. The van der Waals surface area contributed by atoms with Crippen LogP contribution in [0.25, 0.3) is 66.1 Å². The molecule has 2 nitrogen and oxygen atoms in total. The number of aromatic nitrogens is 2. The normalized spacial score (nSPS) is 13.4. The fourth-order valence-electron chi connectivity index (χ4n) is 8.60. The largest absolute Gasteiger partial charge is 0.420 e. The number of hydrogen-bond acceptors (Lipinski definition) is 0. The number of halogens is 5. The van der Waals surface area contributed by atoms with Crippen molar-refractivity contribution in [3.8, 4) is 22.5 Å². The van der Waals surface area contributed by atoms with E-state index in [2.05, 4.69) is 107 Å². The smallest absolute Gasteiger partial charge is 0.309 e. The molecule has 0 atom stereocenters. The lowest BCUT2D eigenvalue weighted by atomic mass is 9.85. The SMILES string of the molecule is CC(C)(C)c1ccc2c(c1)c1cc(C(C)(C)C)ccc1n2-c1cc(-c2c(F)cccc2F)cc(-n2c3ccc(C(C)(C)C)cc3c3cc(C(C)(C)C)ccc32)c1C(F)(F)F. The number of alkyl halides is 3. The van der Waals surface area contributed by atoms with E-state index in [1.54, 1.807) is 9.13 Å². The number of hydrogen-bond donors (Lipinski definition) is 0. The lowest BCUT2D eigenvalue weighted by Crippen LogP contribution is -2.16. The highest BCUT2D eigenvalue weighted by Gasteiger charge is 2.40. The van der Waals surface area contributed by atoms with Gasteiger partial charge in [-0.25, -0.2) is 8.78 Å². The Morgan fingerprint density at radius 1 is 0.383 bits per heavy atom. The van der Waals surface area contributed by atoms with Crippen LogP contribution in [0.15, 0.2) is 103 Å². The third-order valence-electron chi connectivity index (χ3n) is 12.1. The van der Waals surface area contributed by atoms with Crippen LogP contribution in [0.4, 0.5) is 22.0 Å². The second kappa shape index (κ2) is 13.5. The second-order valence-corrected chi connectivity index (χ2v) is 20.6. The molecule has 8 rings (SSSR count). The lowest BCUT2D eigenvalue weighted by Gasteiger charge is -2.24. The van der Waals surface area contributed by atoms with Gasteiger partial charge in [-0.1, -0.05) is 113 Å². The van der Waals surface area contributed by atoms with Crippen LogP contribution in [0.3, 0.4) is 0 Å². The summed E-state index contributed by atoms with van der Waals surface area (Å²) in [6.07, 6.45) is -4.92. The topological polar surface area (TPSA) is 9.86 Å². The van der Waals surface area contributed by atoms with Gasteiger partial charge >= 0.3 is 6.18 Å². The van der Waals surface area contributed by atoms with Crippen molar-refractivity contribution in [2.75, 3.05) is 0 Å². The molecule has 6 aromatic carbocycles. The fourth-order valence-corrected chi connectivity index (χ4v) is 8.60. The Morgan fingerprint density at radius 3 is 0.917 bits per heavy atom. The van der Waals surface area contributed by atoms with Crippen molar-refractivity contribution in [3.63, 3.8) is 0 Å². The maximum atomic E-state index is 16.5. The van der Waals surface area contributed by atoms with Crippen molar-refractivity contribution in [2.45, 2.75) is 111 Å². The van der Waals surface area contributed by atoms with Crippen molar-refractivity contribution in [2.24, 2.45) is 0 Å². The molecule has 0 aliphatic carbocycles. The van der Waals surface area contributed by atoms with Crippen LogP contribution in [0.5, 0.6) is 0 Å². The number of fused-ring (bicyclic) bond motifs is 6. The Morgan fingerprint density at radius 2 is 0.667 bits per heavy atom. The summed E-state index contributed by atoms with van der Waals surface area (Å²) in [5.74, 6) is -1.74. The highest BCUT2D eigenvalue weighted by Crippen LogP contribution is 2.48. The average molecular weight is 813 g/mol. The van der Waals surface area contributed by atoms with Gasteiger partial charge in [0.1, 0.15) is 17.2 Å². The Hall–Kier alpha value is -5.43. The van der Waals surface area contributed by atoms with Gasteiger partial charge in [0.15, 0.2) is 0 Å². The Labute approximate surface area is 349 Å². The second-order valence-electron chi connectivity index (χ2n) is 20.6. The Kier molecular flexibility index (Phi) is 9.32. The summed E-state index contributed by atoms with van der Waals surface area (Å²) in [5.41, 5.74) is 3.60. The van der Waals surface area contributed by atoms with Gasteiger partial charge in [0.25, 0.3) is 0 Å². The van der Waals surface area contributed by atoms with E-state index < -0.39 is 28.9 Å². The van der Waals surface area contributed by atoms with Gasteiger partial charge in [-0.05, 0) is 122 Å². The number of rotatable bonds is 3. The maximum Gasteiger partial charge on any atom is 0.420 e. The summed E-state index contributed by atoms with van der Waals surface area (Å²) in [6, 6.07) is 29.8. The first-order valence-electron chi connectivity index (χ1n) is 20.6. The minimum Gasteiger partial charge on any atom is -0.309 e.